The molecule has 0 fully saturated rings. The first kappa shape index (κ1) is 23.7. The van der Waals surface area contributed by atoms with Gasteiger partial charge in [0, 0.05) is 6.54 Å². The third-order valence-electron chi connectivity index (χ3n) is 3.89. The molecule has 0 aliphatic heterocycles. The summed E-state index contributed by atoms with van der Waals surface area (Å²) in [6.45, 7) is 9.07. The minimum Gasteiger partial charge on any atom is -0.490 e. The Hall–Kier alpha value is -1.30. The molecule has 6 heteroatoms. The topological polar surface area (TPSA) is 30.5 Å². The first-order valence-electron chi connectivity index (χ1n) is 9.02. The van der Waals surface area contributed by atoms with Crippen molar-refractivity contribution in [2.45, 2.75) is 40.3 Å². The molecule has 0 saturated heterocycles. The zero-order chi connectivity index (χ0) is 18.9. The largest absolute Gasteiger partial charge is 0.490 e. The summed E-state index contributed by atoms with van der Waals surface area (Å²) in [5.74, 6) is 1.82. The highest BCUT2D eigenvalue weighted by atomic mass is 79.9. The molecule has 2 aromatic rings. The fourth-order valence-corrected chi connectivity index (χ4v) is 3.09. The van der Waals surface area contributed by atoms with Crippen LogP contribution in [0.3, 0.4) is 0 Å². The Bertz CT molecular complexity index is 695. The Morgan fingerprint density at radius 3 is 2.41 bits per heavy atom. The van der Waals surface area contributed by atoms with Gasteiger partial charge in [-0.05, 0) is 77.1 Å². The number of hydrogen-bond donors (Lipinski definition) is 1. The fourth-order valence-electron chi connectivity index (χ4n) is 2.49. The van der Waals surface area contributed by atoms with E-state index in [0.29, 0.717) is 30.6 Å². The molecule has 0 atom stereocenters. The van der Waals surface area contributed by atoms with Crippen LogP contribution < -0.4 is 14.8 Å². The van der Waals surface area contributed by atoms with Crippen molar-refractivity contribution in [3.8, 4) is 11.5 Å². The van der Waals surface area contributed by atoms with Crippen LogP contribution in [0.2, 0.25) is 0 Å². The second kappa shape index (κ2) is 12.2. The Labute approximate surface area is 176 Å². The van der Waals surface area contributed by atoms with Crippen LogP contribution in [0.1, 0.15) is 38.3 Å². The average molecular weight is 461 g/mol. The van der Waals surface area contributed by atoms with Gasteiger partial charge in [-0.1, -0.05) is 26.0 Å². The molecule has 0 unspecified atom stereocenters. The first-order valence-corrected chi connectivity index (χ1v) is 9.82. The maximum Gasteiger partial charge on any atom is 0.175 e. The molecule has 0 heterocycles. The van der Waals surface area contributed by atoms with E-state index in [1.807, 2.05) is 19.1 Å². The zero-order valence-corrected chi connectivity index (χ0v) is 18.5. The summed E-state index contributed by atoms with van der Waals surface area (Å²) in [5, 5.41) is 3.46. The van der Waals surface area contributed by atoms with Gasteiger partial charge in [0.05, 0.1) is 11.1 Å². The van der Waals surface area contributed by atoms with Gasteiger partial charge >= 0.3 is 0 Å². The monoisotopic (exact) mass is 459 g/mol. The predicted octanol–water partition coefficient (Wildman–Crippen LogP) is 6.12. The summed E-state index contributed by atoms with van der Waals surface area (Å²) < 4.78 is 25.6. The lowest BCUT2D eigenvalue weighted by atomic mass is 10.1. The smallest absolute Gasteiger partial charge is 0.175 e. The summed E-state index contributed by atoms with van der Waals surface area (Å²) in [6, 6.07) is 10.4. The lowest BCUT2D eigenvalue weighted by Crippen LogP contribution is -2.16. The van der Waals surface area contributed by atoms with Crippen molar-refractivity contribution in [1.29, 1.82) is 0 Å². The van der Waals surface area contributed by atoms with Crippen LogP contribution in [-0.4, -0.2) is 13.2 Å². The second-order valence-electron chi connectivity index (χ2n) is 6.61. The van der Waals surface area contributed by atoms with E-state index in [1.165, 1.54) is 12.1 Å². The molecule has 0 spiro atoms. The summed E-state index contributed by atoms with van der Waals surface area (Å²) >= 11 is 3.59. The molecular formula is C21H28BrClFNO2. The summed E-state index contributed by atoms with van der Waals surface area (Å²) in [6.07, 6.45) is 1.15. The van der Waals surface area contributed by atoms with E-state index in [-0.39, 0.29) is 18.2 Å². The van der Waals surface area contributed by atoms with Crippen molar-refractivity contribution >= 4 is 28.3 Å². The quantitative estimate of drug-likeness (QED) is 0.433. The molecule has 0 aromatic heterocycles. The lowest BCUT2D eigenvalue weighted by molar-refractivity contribution is 0.267. The predicted molar refractivity (Wildman–Crippen MR) is 114 cm³/mol. The molecule has 27 heavy (non-hydrogen) atoms. The summed E-state index contributed by atoms with van der Waals surface area (Å²) in [5.41, 5.74) is 2.04. The van der Waals surface area contributed by atoms with E-state index < -0.39 is 0 Å². The Balaban J connectivity index is 0.00000364. The van der Waals surface area contributed by atoms with Crippen molar-refractivity contribution in [3.05, 3.63) is 57.8 Å². The van der Waals surface area contributed by atoms with E-state index >= 15 is 0 Å². The van der Waals surface area contributed by atoms with Crippen LogP contribution in [0.5, 0.6) is 11.5 Å². The van der Waals surface area contributed by atoms with Gasteiger partial charge in [-0.2, -0.15) is 0 Å². The summed E-state index contributed by atoms with van der Waals surface area (Å²) in [4.78, 5) is 0. The van der Waals surface area contributed by atoms with Gasteiger partial charge in [-0.3, -0.25) is 0 Å². The van der Waals surface area contributed by atoms with E-state index in [0.717, 1.165) is 35.1 Å². The van der Waals surface area contributed by atoms with E-state index in [4.69, 9.17) is 9.47 Å². The van der Waals surface area contributed by atoms with Gasteiger partial charge in [0.25, 0.3) is 0 Å². The number of hydrogen-bond acceptors (Lipinski definition) is 3. The zero-order valence-electron chi connectivity index (χ0n) is 16.1. The maximum absolute atomic E-state index is 13.0. The number of halogens is 3. The number of ether oxygens (including phenoxy) is 2. The second-order valence-corrected chi connectivity index (χ2v) is 7.47. The van der Waals surface area contributed by atoms with Gasteiger partial charge in [-0.25, -0.2) is 4.39 Å². The van der Waals surface area contributed by atoms with E-state index in [2.05, 4.69) is 35.1 Å². The minimum atomic E-state index is -0.251. The van der Waals surface area contributed by atoms with E-state index in [9.17, 15) is 4.39 Å². The molecule has 0 aliphatic carbocycles. The molecule has 2 aromatic carbocycles. The molecule has 0 radical (unpaired) electrons. The van der Waals surface area contributed by atoms with Crippen molar-refractivity contribution in [1.82, 2.24) is 5.32 Å². The average Bonchev–Trinajstić information content (AvgIpc) is 2.59. The van der Waals surface area contributed by atoms with Gasteiger partial charge in [0.2, 0.25) is 0 Å². The van der Waals surface area contributed by atoms with Crippen molar-refractivity contribution in [2.24, 2.45) is 5.92 Å². The minimum absolute atomic E-state index is 0. The van der Waals surface area contributed by atoms with Gasteiger partial charge in [0.1, 0.15) is 12.4 Å². The SMILES string of the molecule is CCOc1cc(CNCCC(C)C)cc(Br)c1OCc1ccc(F)cc1.Cl. The fraction of sp³-hybridized carbons (Fsp3) is 0.429. The van der Waals surface area contributed by atoms with Crippen LogP contribution in [0.15, 0.2) is 40.9 Å². The first-order chi connectivity index (χ1) is 12.5. The molecule has 150 valence electrons. The van der Waals surface area contributed by atoms with Crippen LogP contribution in [-0.2, 0) is 13.2 Å². The molecule has 0 aliphatic rings. The number of benzene rings is 2. The van der Waals surface area contributed by atoms with Gasteiger partial charge in [-0.15, -0.1) is 12.4 Å². The van der Waals surface area contributed by atoms with Crippen molar-refractivity contribution < 1.29 is 13.9 Å². The van der Waals surface area contributed by atoms with Gasteiger partial charge < -0.3 is 14.8 Å². The van der Waals surface area contributed by atoms with Crippen LogP contribution in [0.4, 0.5) is 4.39 Å². The Morgan fingerprint density at radius 2 is 1.78 bits per heavy atom. The Kier molecular flexibility index (Phi) is 10.7. The normalized spacial score (nSPS) is 10.6. The van der Waals surface area contributed by atoms with Crippen molar-refractivity contribution in [2.75, 3.05) is 13.2 Å². The third kappa shape index (κ3) is 8.08. The molecule has 0 saturated carbocycles. The molecule has 3 nitrogen and oxygen atoms in total. The number of rotatable bonds is 10. The molecule has 2 rings (SSSR count). The highest BCUT2D eigenvalue weighted by Crippen LogP contribution is 2.37. The van der Waals surface area contributed by atoms with Crippen molar-refractivity contribution in [3.63, 3.8) is 0 Å². The number of nitrogens with one attached hydrogen (secondary N) is 1. The Morgan fingerprint density at radius 1 is 1.07 bits per heavy atom. The van der Waals surface area contributed by atoms with Crippen LogP contribution in [0, 0.1) is 11.7 Å². The highest BCUT2D eigenvalue weighted by molar-refractivity contribution is 9.10. The standard InChI is InChI=1S/C21H27BrFNO2.ClH/c1-4-25-20-12-17(13-24-10-9-15(2)3)11-19(22)21(20)26-14-16-5-7-18(23)8-6-16;/h5-8,11-12,15,24H,4,9-10,13-14H2,1-3H3;1H. The third-order valence-corrected chi connectivity index (χ3v) is 4.48. The molecular weight excluding hydrogens is 433 g/mol. The highest BCUT2D eigenvalue weighted by Gasteiger charge is 2.13. The van der Waals surface area contributed by atoms with Crippen LogP contribution in [0.25, 0.3) is 0 Å². The lowest BCUT2D eigenvalue weighted by Gasteiger charge is -2.16. The molecule has 0 amide bonds. The van der Waals surface area contributed by atoms with E-state index in [1.54, 1.807) is 12.1 Å². The molecule has 1 N–H and O–H groups in total. The maximum atomic E-state index is 13.0. The summed E-state index contributed by atoms with van der Waals surface area (Å²) in [7, 11) is 0. The van der Waals surface area contributed by atoms with Crippen LogP contribution >= 0.6 is 28.3 Å². The molecule has 0 bridgehead atoms. The van der Waals surface area contributed by atoms with Gasteiger partial charge in [0.15, 0.2) is 11.5 Å².